The first-order valence-electron chi connectivity index (χ1n) is 5.95. The Hall–Kier alpha value is -1.14. The van der Waals surface area contributed by atoms with Gasteiger partial charge < -0.3 is 15.2 Å². The third-order valence-corrected chi connectivity index (χ3v) is 3.69. The second-order valence-electron chi connectivity index (χ2n) is 4.51. The van der Waals surface area contributed by atoms with Crippen molar-refractivity contribution in [1.82, 2.24) is 9.88 Å². The van der Waals surface area contributed by atoms with Gasteiger partial charge in [-0.3, -0.25) is 9.59 Å². The van der Waals surface area contributed by atoms with Crippen LogP contribution in [0, 0.1) is 5.92 Å². The van der Waals surface area contributed by atoms with Crippen LogP contribution in [0.5, 0.6) is 0 Å². The number of hydrogen-bond donors (Lipinski definition) is 2. The van der Waals surface area contributed by atoms with Gasteiger partial charge in [-0.25, -0.2) is 0 Å². The maximum Gasteiger partial charge on any atom is 0.264 e. The topological polar surface area (TPSA) is 63.1 Å². The van der Waals surface area contributed by atoms with Crippen LogP contribution in [0.15, 0.2) is 21.5 Å². The van der Waals surface area contributed by atoms with E-state index in [-0.39, 0.29) is 17.4 Å². The van der Waals surface area contributed by atoms with Crippen LogP contribution in [0.4, 0.5) is 5.69 Å². The van der Waals surface area contributed by atoms with E-state index >= 15 is 0 Å². The van der Waals surface area contributed by atoms with E-state index in [9.17, 15) is 9.59 Å². The molecule has 18 heavy (non-hydrogen) atoms. The van der Waals surface area contributed by atoms with Crippen molar-refractivity contribution in [1.29, 1.82) is 0 Å². The number of anilines is 1. The Morgan fingerprint density at radius 3 is 2.78 bits per heavy atom. The number of piperidine rings is 1. The highest BCUT2D eigenvalue weighted by atomic mass is 79.9. The quantitative estimate of drug-likeness (QED) is 0.859. The second kappa shape index (κ2) is 5.67. The number of aromatic nitrogens is 1. The van der Waals surface area contributed by atoms with E-state index in [1.165, 1.54) is 4.57 Å². The molecule has 1 aliphatic rings. The number of carbonyl (C=O) groups excluding carboxylic acids is 1. The van der Waals surface area contributed by atoms with Gasteiger partial charge >= 0.3 is 0 Å². The Labute approximate surface area is 114 Å². The van der Waals surface area contributed by atoms with Gasteiger partial charge in [0.25, 0.3) is 5.56 Å². The van der Waals surface area contributed by atoms with Crippen molar-refractivity contribution in [3.63, 3.8) is 0 Å². The van der Waals surface area contributed by atoms with E-state index in [1.807, 2.05) is 0 Å². The number of hydrogen-bond acceptors (Lipinski definition) is 3. The molecule has 1 fully saturated rings. The summed E-state index contributed by atoms with van der Waals surface area (Å²) in [7, 11) is 1.66. The van der Waals surface area contributed by atoms with Crippen molar-refractivity contribution in [3.05, 3.63) is 27.1 Å². The maximum atomic E-state index is 12.0. The first kappa shape index (κ1) is 13.3. The molecule has 0 bridgehead atoms. The van der Waals surface area contributed by atoms with Gasteiger partial charge in [0.2, 0.25) is 5.91 Å². The summed E-state index contributed by atoms with van der Waals surface area (Å²) in [6.07, 6.45) is 3.35. The number of carbonyl (C=O) groups is 1. The molecule has 1 saturated heterocycles. The lowest BCUT2D eigenvalue weighted by atomic mass is 9.97. The fraction of sp³-hybridized carbons (Fsp3) is 0.500. The van der Waals surface area contributed by atoms with Crippen LogP contribution in [-0.2, 0) is 11.8 Å². The number of aryl methyl sites for hydroxylation is 1. The van der Waals surface area contributed by atoms with Crippen LogP contribution in [0.2, 0.25) is 0 Å². The van der Waals surface area contributed by atoms with Crippen molar-refractivity contribution < 1.29 is 4.79 Å². The van der Waals surface area contributed by atoms with Gasteiger partial charge in [-0.05, 0) is 47.9 Å². The Balaban J connectivity index is 2.09. The fourth-order valence-corrected chi connectivity index (χ4v) is 2.59. The minimum atomic E-state index is -0.116. The fourth-order valence-electron chi connectivity index (χ4n) is 2.07. The Bertz CT molecular complexity index is 480. The molecule has 6 heteroatoms. The summed E-state index contributed by atoms with van der Waals surface area (Å²) in [5, 5.41) is 6.09. The van der Waals surface area contributed by atoms with Crippen molar-refractivity contribution >= 4 is 27.5 Å². The lowest BCUT2D eigenvalue weighted by Gasteiger charge is -2.21. The minimum Gasteiger partial charge on any atom is -0.325 e. The summed E-state index contributed by atoms with van der Waals surface area (Å²) < 4.78 is 1.90. The predicted molar refractivity (Wildman–Crippen MR) is 73.6 cm³/mol. The summed E-state index contributed by atoms with van der Waals surface area (Å²) in [6.45, 7) is 1.77. The van der Waals surface area contributed by atoms with Crippen molar-refractivity contribution in [2.75, 3.05) is 18.4 Å². The number of nitrogens with one attached hydrogen (secondary N) is 2. The molecule has 1 aliphatic heterocycles. The highest BCUT2D eigenvalue weighted by molar-refractivity contribution is 9.10. The zero-order chi connectivity index (χ0) is 13.1. The van der Waals surface area contributed by atoms with Crippen LogP contribution < -0.4 is 16.2 Å². The molecule has 0 unspecified atom stereocenters. The molecule has 1 aromatic rings. The molecule has 0 atom stereocenters. The molecule has 98 valence electrons. The maximum absolute atomic E-state index is 12.0. The lowest BCUT2D eigenvalue weighted by molar-refractivity contribution is -0.120. The molecule has 1 aromatic heterocycles. The molecule has 5 nitrogen and oxygen atoms in total. The number of nitrogens with zero attached hydrogens (tertiary/aromatic N) is 1. The van der Waals surface area contributed by atoms with E-state index < -0.39 is 0 Å². The molecule has 0 saturated carbocycles. The molecule has 0 radical (unpaired) electrons. The Morgan fingerprint density at radius 1 is 1.50 bits per heavy atom. The molecule has 2 rings (SSSR count). The first-order valence-corrected chi connectivity index (χ1v) is 6.75. The molecule has 1 amide bonds. The highest BCUT2D eigenvalue weighted by Crippen LogP contribution is 2.16. The summed E-state index contributed by atoms with van der Waals surface area (Å²) in [4.78, 5) is 23.5. The number of amides is 1. The average molecular weight is 314 g/mol. The third-order valence-electron chi connectivity index (χ3n) is 3.12. The van der Waals surface area contributed by atoms with E-state index in [0.717, 1.165) is 25.9 Å². The molecular formula is C12H16BrN3O2. The zero-order valence-corrected chi connectivity index (χ0v) is 11.8. The minimum absolute atomic E-state index is 0.0297. The van der Waals surface area contributed by atoms with E-state index in [2.05, 4.69) is 26.6 Å². The summed E-state index contributed by atoms with van der Waals surface area (Å²) in [6, 6.07) is 1.64. The molecule has 2 N–H and O–H groups in total. The smallest absolute Gasteiger partial charge is 0.264 e. The number of halogens is 1. The first-order chi connectivity index (χ1) is 8.58. The number of pyridine rings is 1. The standard InChI is InChI=1S/C12H16BrN3O2/c1-16-7-9(6-10(13)12(16)18)15-11(17)8-2-4-14-5-3-8/h6-8,14H,2-5H2,1H3,(H,15,17). The SMILES string of the molecule is Cn1cc(NC(=O)C2CCNCC2)cc(Br)c1=O. The Kier molecular flexibility index (Phi) is 4.19. The largest absolute Gasteiger partial charge is 0.325 e. The lowest BCUT2D eigenvalue weighted by Crippen LogP contribution is -2.34. The summed E-state index contributed by atoms with van der Waals surface area (Å²) in [5.41, 5.74) is 0.530. The van der Waals surface area contributed by atoms with Crippen LogP contribution >= 0.6 is 15.9 Å². The van der Waals surface area contributed by atoms with Crippen molar-refractivity contribution in [2.24, 2.45) is 13.0 Å². The summed E-state index contributed by atoms with van der Waals surface area (Å²) >= 11 is 3.19. The van der Waals surface area contributed by atoms with E-state index in [0.29, 0.717) is 10.2 Å². The molecule has 0 aromatic carbocycles. The Morgan fingerprint density at radius 2 is 2.17 bits per heavy atom. The predicted octanol–water partition coefficient (Wildman–Crippen LogP) is 1.09. The van der Waals surface area contributed by atoms with Gasteiger partial charge in [-0.2, -0.15) is 0 Å². The van der Waals surface area contributed by atoms with Crippen molar-refractivity contribution in [2.45, 2.75) is 12.8 Å². The van der Waals surface area contributed by atoms with Gasteiger partial charge in [-0.1, -0.05) is 0 Å². The van der Waals surface area contributed by atoms with Crippen LogP contribution in [0.1, 0.15) is 12.8 Å². The normalized spacial score (nSPS) is 16.6. The number of rotatable bonds is 2. The molecular weight excluding hydrogens is 298 g/mol. The average Bonchev–Trinajstić information content (AvgIpc) is 2.37. The van der Waals surface area contributed by atoms with Gasteiger partial charge in [0.1, 0.15) is 0 Å². The van der Waals surface area contributed by atoms with Gasteiger partial charge in [-0.15, -0.1) is 0 Å². The second-order valence-corrected chi connectivity index (χ2v) is 5.36. The highest BCUT2D eigenvalue weighted by Gasteiger charge is 2.21. The van der Waals surface area contributed by atoms with Gasteiger partial charge in [0.05, 0.1) is 10.2 Å². The van der Waals surface area contributed by atoms with E-state index in [4.69, 9.17) is 0 Å². The van der Waals surface area contributed by atoms with Gasteiger partial charge in [0.15, 0.2) is 0 Å². The summed E-state index contributed by atoms with van der Waals surface area (Å²) in [5.74, 6) is 0.0873. The molecule has 0 spiro atoms. The van der Waals surface area contributed by atoms with Crippen molar-refractivity contribution in [3.8, 4) is 0 Å². The van der Waals surface area contributed by atoms with Crippen LogP contribution in [-0.4, -0.2) is 23.6 Å². The van der Waals surface area contributed by atoms with E-state index in [1.54, 1.807) is 19.3 Å². The van der Waals surface area contributed by atoms with Crippen LogP contribution in [0.3, 0.4) is 0 Å². The monoisotopic (exact) mass is 313 g/mol. The zero-order valence-electron chi connectivity index (χ0n) is 10.2. The van der Waals surface area contributed by atoms with Crippen LogP contribution in [0.25, 0.3) is 0 Å². The van der Waals surface area contributed by atoms with Gasteiger partial charge in [0, 0.05) is 19.2 Å². The molecule has 0 aliphatic carbocycles. The third kappa shape index (κ3) is 3.00. The molecule has 2 heterocycles.